The monoisotopic (exact) mass is 708 g/mol. The van der Waals surface area contributed by atoms with Gasteiger partial charge in [-0.2, -0.15) is 4.31 Å². The molecular formula is C31H40N4O9S3. The van der Waals surface area contributed by atoms with Gasteiger partial charge in [-0.3, -0.25) is 4.72 Å². The molecule has 3 aromatic rings. The lowest BCUT2D eigenvalue weighted by molar-refractivity contribution is -0.0312. The van der Waals surface area contributed by atoms with Gasteiger partial charge in [-0.25, -0.2) is 30.0 Å². The summed E-state index contributed by atoms with van der Waals surface area (Å²) in [5.74, 6) is 0.329. The molecule has 2 unspecified atom stereocenters. The molecule has 0 aromatic heterocycles. The number of benzene rings is 3. The van der Waals surface area contributed by atoms with E-state index >= 15 is 0 Å². The summed E-state index contributed by atoms with van der Waals surface area (Å²) in [5, 5.41) is 13.8. The highest BCUT2D eigenvalue weighted by molar-refractivity contribution is 7.92. The fraction of sp³-hybridized carbons (Fsp3) is 0.419. The van der Waals surface area contributed by atoms with E-state index in [1.54, 1.807) is 60.7 Å². The minimum absolute atomic E-state index is 0.0207. The van der Waals surface area contributed by atoms with Crippen molar-refractivity contribution in [3.8, 4) is 16.9 Å². The van der Waals surface area contributed by atoms with Crippen molar-refractivity contribution >= 4 is 35.8 Å². The molecule has 3 aromatic carbocycles. The molecule has 256 valence electrons. The van der Waals surface area contributed by atoms with Crippen molar-refractivity contribution in [1.29, 1.82) is 0 Å². The lowest BCUT2D eigenvalue weighted by Gasteiger charge is -2.38. The molecule has 5 rings (SSSR count). The zero-order chi connectivity index (χ0) is 33.9. The fourth-order valence-electron chi connectivity index (χ4n) is 5.79. The number of anilines is 1. The van der Waals surface area contributed by atoms with Gasteiger partial charge in [-0.1, -0.05) is 30.3 Å². The van der Waals surface area contributed by atoms with Crippen molar-refractivity contribution < 1.29 is 39.8 Å². The Labute approximate surface area is 276 Å². The summed E-state index contributed by atoms with van der Waals surface area (Å²) < 4.78 is 92.2. The van der Waals surface area contributed by atoms with Gasteiger partial charge in [0.15, 0.2) is 0 Å². The number of nitrogens with one attached hydrogen (secondary N) is 3. The molecule has 4 N–H and O–H groups in total. The van der Waals surface area contributed by atoms with Gasteiger partial charge in [-0.15, -0.1) is 0 Å². The standard InChI is InChI=1S/C31H40N4O9S3/c1-32-46(39,40)29-7-4-6-28(18-29)43-22-27(36)20-33-26-19-31(44-21-26)13-15-35(16-14-31)47(41,42)30-8-3-5-24(17-30)23-9-11-25(12-10-23)34-45(2,37)38/h3-12,17-18,26-27,32-34,36H,13-16,19-22H2,1-2H3. The van der Waals surface area contributed by atoms with Gasteiger partial charge in [0.25, 0.3) is 0 Å². The van der Waals surface area contributed by atoms with Crippen molar-refractivity contribution in [2.45, 2.75) is 46.8 Å². The molecule has 2 aliphatic heterocycles. The number of rotatable bonds is 13. The van der Waals surface area contributed by atoms with Gasteiger partial charge >= 0.3 is 0 Å². The second-order valence-corrected chi connectivity index (χ2v) is 17.4. The number of hydrogen-bond donors (Lipinski definition) is 4. The van der Waals surface area contributed by atoms with E-state index in [0.717, 1.165) is 11.8 Å². The van der Waals surface area contributed by atoms with E-state index < -0.39 is 41.8 Å². The number of sulfonamides is 3. The molecule has 0 saturated carbocycles. The maximum absolute atomic E-state index is 13.6. The van der Waals surface area contributed by atoms with Crippen LogP contribution in [0.15, 0.2) is 82.6 Å². The number of nitrogens with zero attached hydrogens (tertiary/aromatic N) is 1. The number of aliphatic hydroxyl groups excluding tert-OH is 1. The molecule has 1 spiro atoms. The molecule has 2 heterocycles. The molecule has 16 heteroatoms. The minimum atomic E-state index is -3.76. The van der Waals surface area contributed by atoms with Crippen LogP contribution >= 0.6 is 0 Å². The third-order valence-electron chi connectivity index (χ3n) is 8.31. The average molecular weight is 709 g/mol. The highest BCUT2D eigenvalue weighted by atomic mass is 32.2. The quantitative estimate of drug-likeness (QED) is 0.205. The first kappa shape index (κ1) is 35.2. The van der Waals surface area contributed by atoms with Gasteiger partial charge in [0.2, 0.25) is 30.1 Å². The molecule has 0 amide bonds. The second kappa shape index (κ2) is 14.2. The van der Waals surface area contributed by atoms with Gasteiger partial charge < -0.3 is 19.9 Å². The molecule has 0 aliphatic carbocycles. The Hall–Kier alpha value is -3.09. The first-order valence-corrected chi connectivity index (χ1v) is 19.9. The smallest absolute Gasteiger partial charge is 0.243 e. The summed E-state index contributed by atoms with van der Waals surface area (Å²) in [6.45, 7) is 1.26. The molecular weight excluding hydrogens is 669 g/mol. The van der Waals surface area contributed by atoms with E-state index in [9.17, 15) is 30.4 Å². The lowest BCUT2D eigenvalue weighted by Crippen LogP contribution is -2.47. The summed E-state index contributed by atoms with van der Waals surface area (Å²) >= 11 is 0. The molecule has 0 bridgehead atoms. The van der Waals surface area contributed by atoms with Crippen LogP contribution in [-0.2, 0) is 34.8 Å². The zero-order valence-electron chi connectivity index (χ0n) is 26.1. The number of piperidine rings is 1. The Balaban J connectivity index is 1.11. The van der Waals surface area contributed by atoms with Crippen molar-refractivity contribution in [3.05, 3.63) is 72.8 Å². The summed E-state index contributed by atoms with van der Waals surface area (Å²) in [6.07, 6.45) is 1.98. The van der Waals surface area contributed by atoms with Crippen LogP contribution in [0, 0.1) is 0 Å². The summed E-state index contributed by atoms with van der Waals surface area (Å²) in [4.78, 5) is 0.252. The van der Waals surface area contributed by atoms with Crippen molar-refractivity contribution in [1.82, 2.24) is 14.3 Å². The van der Waals surface area contributed by atoms with Crippen LogP contribution in [0.5, 0.6) is 5.75 Å². The predicted molar refractivity (Wildman–Crippen MR) is 178 cm³/mol. The first-order valence-electron chi connectivity index (χ1n) is 15.1. The van der Waals surface area contributed by atoms with Gasteiger partial charge in [0, 0.05) is 37.4 Å². The highest BCUT2D eigenvalue weighted by Crippen LogP contribution is 2.38. The van der Waals surface area contributed by atoms with Crippen LogP contribution in [0.2, 0.25) is 0 Å². The maximum Gasteiger partial charge on any atom is 0.243 e. The zero-order valence-corrected chi connectivity index (χ0v) is 28.6. The third kappa shape index (κ3) is 8.88. The Kier molecular flexibility index (Phi) is 10.6. The summed E-state index contributed by atoms with van der Waals surface area (Å²) in [7, 11) is -9.45. The van der Waals surface area contributed by atoms with Crippen LogP contribution in [-0.4, -0.2) is 98.6 Å². The molecule has 2 fully saturated rings. The number of aliphatic hydroxyl groups is 1. The maximum atomic E-state index is 13.6. The predicted octanol–water partition coefficient (Wildman–Crippen LogP) is 1.97. The van der Waals surface area contributed by atoms with Crippen LogP contribution in [0.4, 0.5) is 5.69 Å². The lowest BCUT2D eigenvalue weighted by atomic mass is 9.88. The Morgan fingerprint density at radius 1 is 0.936 bits per heavy atom. The van der Waals surface area contributed by atoms with E-state index in [1.807, 2.05) is 0 Å². The molecule has 47 heavy (non-hydrogen) atoms. The summed E-state index contributed by atoms with van der Waals surface area (Å²) in [6, 6.07) is 19.4. The van der Waals surface area contributed by atoms with E-state index in [-0.39, 0.29) is 29.0 Å². The molecule has 0 radical (unpaired) electrons. The van der Waals surface area contributed by atoms with E-state index in [1.165, 1.54) is 23.5 Å². The average Bonchev–Trinajstić information content (AvgIpc) is 3.44. The Morgan fingerprint density at radius 2 is 1.62 bits per heavy atom. The first-order chi connectivity index (χ1) is 22.2. The molecule has 2 atom stereocenters. The largest absolute Gasteiger partial charge is 0.491 e. The van der Waals surface area contributed by atoms with E-state index in [4.69, 9.17) is 9.47 Å². The van der Waals surface area contributed by atoms with Crippen LogP contribution in [0.25, 0.3) is 11.1 Å². The van der Waals surface area contributed by atoms with Crippen LogP contribution in [0.3, 0.4) is 0 Å². The second-order valence-electron chi connectivity index (χ2n) is 11.8. The van der Waals surface area contributed by atoms with Crippen molar-refractivity contribution in [3.63, 3.8) is 0 Å². The van der Waals surface area contributed by atoms with E-state index in [0.29, 0.717) is 56.0 Å². The normalized spacial score (nSPS) is 19.4. The number of ether oxygens (including phenoxy) is 2. The highest BCUT2D eigenvalue weighted by Gasteiger charge is 2.44. The van der Waals surface area contributed by atoms with Crippen molar-refractivity contribution in [2.75, 3.05) is 50.9 Å². The van der Waals surface area contributed by atoms with E-state index in [2.05, 4.69) is 14.8 Å². The Bertz CT molecular complexity index is 1880. The minimum Gasteiger partial charge on any atom is -0.491 e. The van der Waals surface area contributed by atoms with Gasteiger partial charge in [0.1, 0.15) is 18.5 Å². The SMILES string of the molecule is CNS(=O)(=O)c1cccc(OCC(O)CNC2COC3(CCN(S(=O)(=O)c4cccc(-c5ccc(NS(C)(=O)=O)cc5)c4)CC3)C2)c1. The van der Waals surface area contributed by atoms with Crippen LogP contribution in [0.1, 0.15) is 19.3 Å². The van der Waals surface area contributed by atoms with Crippen LogP contribution < -0.4 is 19.5 Å². The number of hydrogen-bond acceptors (Lipinski definition) is 10. The fourth-order valence-corrected chi connectivity index (χ4v) is 8.61. The van der Waals surface area contributed by atoms with Gasteiger partial charge in [0.05, 0.1) is 28.3 Å². The molecule has 2 aliphatic rings. The molecule has 13 nitrogen and oxygen atoms in total. The summed E-state index contributed by atoms with van der Waals surface area (Å²) in [5.41, 5.74) is 1.42. The van der Waals surface area contributed by atoms with Gasteiger partial charge in [-0.05, 0) is 73.8 Å². The molecule has 2 saturated heterocycles. The topological polar surface area (TPSA) is 180 Å². The van der Waals surface area contributed by atoms with Crippen molar-refractivity contribution in [2.24, 2.45) is 0 Å². The Morgan fingerprint density at radius 3 is 2.30 bits per heavy atom. The third-order valence-corrected chi connectivity index (χ3v) is 12.2.